The molecule has 1 rings (SSSR count). The van der Waals surface area contributed by atoms with Crippen LogP contribution in [0.15, 0.2) is 43.0 Å². The summed E-state index contributed by atoms with van der Waals surface area (Å²) in [5.41, 5.74) is 5.31. The predicted octanol–water partition coefficient (Wildman–Crippen LogP) is 2.31. The Morgan fingerprint density at radius 3 is 2.28 bits per heavy atom. The highest BCUT2D eigenvalue weighted by molar-refractivity contribution is 5.73. The van der Waals surface area contributed by atoms with Crippen molar-refractivity contribution in [2.45, 2.75) is 19.4 Å². The number of carboxylic acids is 1. The minimum atomic E-state index is -0.966. The van der Waals surface area contributed by atoms with Crippen LogP contribution in [0.4, 0.5) is 0 Å². The Morgan fingerprint density at radius 1 is 1.50 bits per heavy atom. The van der Waals surface area contributed by atoms with Crippen molar-refractivity contribution in [2.24, 2.45) is 11.7 Å². The Balaban J connectivity index is 0.000000327. The fourth-order valence-corrected chi connectivity index (χ4v) is 1.31. The molecule has 0 aliphatic carbocycles. The summed E-state index contributed by atoms with van der Waals surface area (Å²) in [6, 6.07) is 8.88. The lowest BCUT2D eigenvalue weighted by molar-refractivity contribution is -0.139. The Bertz CT molecular complexity index is 351. The van der Waals surface area contributed by atoms with Crippen molar-refractivity contribution in [3.8, 4) is 5.75 Å². The summed E-state index contributed by atoms with van der Waals surface area (Å²) in [6.07, 6.45) is 2.30. The number of para-hydroxylation sites is 1. The van der Waals surface area contributed by atoms with E-state index in [9.17, 15) is 4.79 Å². The molecule has 0 amide bonds. The van der Waals surface area contributed by atoms with Crippen LogP contribution in [0, 0.1) is 5.92 Å². The van der Waals surface area contributed by atoms with Crippen molar-refractivity contribution < 1.29 is 14.6 Å². The zero-order valence-corrected chi connectivity index (χ0v) is 10.9. The van der Waals surface area contributed by atoms with Gasteiger partial charge in [0, 0.05) is 5.92 Å². The van der Waals surface area contributed by atoms with E-state index in [0.717, 1.165) is 12.2 Å². The highest BCUT2D eigenvalue weighted by atomic mass is 16.5. The van der Waals surface area contributed by atoms with Gasteiger partial charge in [-0.15, -0.1) is 6.58 Å². The van der Waals surface area contributed by atoms with Gasteiger partial charge in [-0.05, 0) is 18.6 Å². The molecule has 0 saturated carbocycles. The van der Waals surface area contributed by atoms with Crippen molar-refractivity contribution in [3.63, 3.8) is 0 Å². The summed E-state index contributed by atoms with van der Waals surface area (Å²) in [4.78, 5) is 10.3. The normalized spacial score (nSPS) is 12.6. The van der Waals surface area contributed by atoms with Gasteiger partial charge in [-0.25, -0.2) is 0 Å². The molecule has 4 nitrogen and oxygen atoms in total. The maximum atomic E-state index is 10.3. The average Bonchev–Trinajstić information content (AvgIpc) is 2.41. The molecule has 3 N–H and O–H groups in total. The van der Waals surface area contributed by atoms with Crippen molar-refractivity contribution in [1.82, 2.24) is 0 Å². The molecule has 18 heavy (non-hydrogen) atoms. The van der Waals surface area contributed by atoms with Crippen molar-refractivity contribution in [2.75, 3.05) is 7.11 Å². The van der Waals surface area contributed by atoms with Crippen LogP contribution in [0.25, 0.3) is 0 Å². The maximum absolute atomic E-state index is 10.3. The van der Waals surface area contributed by atoms with Gasteiger partial charge in [0.1, 0.15) is 11.8 Å². The predicted molar refractivity (Wildman–Crippen MR) is 72.6 cm³/mol. The van der Waals surface area contributed by atoms with Crippen LogP contribution in [-0.2, 0) is 4.79 Å². The number of carbonyl (C=O) groups is 1. The van der Waals surface area contributed by atoms with Crippen molar-refractivity contribution in [3.05, 3.63) is 43.0 Å². The first kappa shape index (κ1) is 16.2. The molecule has 2 atom stereocenters. The molecular weight excluding hydrogens is 230 g/mol. The van der Waals surface area contributed by atoms with E-state index in [-0.39, 0.29) is 5.92 Å². The molecule has 0 fully saturated rings. The molecule has 100 valence electrons. The molecule has 2 unspecified atom stereocenters. The van der Waals surface area contributed by atoms with Gasteiger partial charge >= 0.3 is 5.97 Å². The molecule has 1 aromatic rings. The molecule has 1 aromatic carbocycles. The van der Waals surface area contributed by atoms with Gasteiger partial charge in [0.25, 0.3) is 0 Å². The summed E-state index contributed by atoms with van der Waals surface area (Å²) in [5, 5.41) is 8.44. The van der Waals surface area contributed by atoms with E-state index in [0.29, 0.717) is 0 Å². The van der Waals surface area contributed by atoms with Crippen LogP contribution < -0.4 is 10.5 Å². The summed E-state index contributed by atoms with van der Waals surface area (Å²) in [7, 11) is 1.66. The maximum Gasteiger partial charge on any atom is 0.321 e. The van der Waals surface area contributed by atoms with Gasteiger partial charge in [0.15, 0.2) is 0 Å². The molecule has 0 aliphatic rings. The third kappa shape index (κ3) is 6.06. The number of aliphatic carboxylic acids is 1. The van der Waals surface area contributed by atoms with Crippen LogP contribution in [0.2, 0.25) is 0 Å². The number of rotatable bonds is 5. The van der Waals surface area contributed by atoms with Gasteiger partial charge in [0.2, 0.25) is 0 Å². The lowest BCUT2D eigenvalue weighted by Crippen LogP contribution is -2.36. The third-order valence-electron chi connectivity index (χ3n) is 2.50. The quantitative estimate of drug-likeness (QED) is 0.788. The Hall–Kier alpha value is -1.81. The second-order valence-corrected chi connectivity index (χ2v) is 3.69. The average molecular weight is 251 g/mol. The fraction of sp³-hybridized carbons (Fsp3) is 0.357. The molecule has 0 radical (unpaired) electrons. The summed E-state index contributed by atoms with van der Waals surface area (Å²) in [5.74, 6) is -0.170. The molecule has 0 heterocycles. The fourth-order valence-electron chi connectivity index (χ4n) is 1.31. The number of hydrogen-bond acceptors (Lipinski definition) is 3. The largest absolute Gasteiger partial charge is 0.497 e. The van der Waals surface area contributed by atoms with E-state index in [1.807, 2.05) is 37.3 Å². The zero-order chi connectivity index (χ0) is 14.0. The first-order valence-corrected chi connectivity index (χ1v) is 5.76. The molecular formula is C14H21NO3. The number of methoxy groups -OCH3 is 1. The Morgan fingerprint density at radius 2 is 2.06 bits per heavy atom. The molecule has 0 spiro atoms. The van der Waals surface area contributed by atoms with E-state index in [1.54, 1.807) is 13.2 Å². The Kier molecular flexibility index (Phi) is 8.31. The second kappa shape index (κ2) is 9.24. The number of benzene rings is 1. The Labute approximate surface area is 108 Å². The molecule has 0 aromatic heterocycles. The summed E-state index contributed by atoms with van der Waals surface area (Å²) in [6.45, 7) is 5.38. The smallest absolute Gasteiger partial charge is 0.321 e. The SMILES string of the molecule is C=CC(CC)C(N)C(=O)O.COc1ccccc1. The number of hydrogen-bond donors (Lipinski definition) is 2. The van der Waals surface area contributed by atoms with Gasteiger partial charge in [-0.1, -0.05) is 31.2 Å². The standard InChI is InChI=1S/C7H13NO2.C7H8O/c1-3-5(4-2)6(8)7(9)10;1-8-7-5-3-2-4-6-7/h3,5-6H,1,4,8H2,2H3,(H,9,10);2-6H,1H3. The minimum absolute atomic E-state index is 0.113. The number of nitrogens with two attached hydrogens (primary N) is 1. The highest BCUT2D eigenvalue weighted by Gasteiger charge is 2.18. The minimum Gasteiger partial charge on any atom is -0.497 e. The van der Waals surface area contributed by atoms with E-state index < -0.39 is 12.0 Å². The monoisotopic (exact) mass is 251 g/mol. The highest BCUT2D eigenvalue weighted by Crippen LogP contribution is 2.07. The summed E-state index contributed by atoms with van der Waals surface area (Å²) >= 11 is 0. The van der Waals surface area contributed by atoms with Crippen LogP contribution >= 0.6 is 0 Å². The van der Waals surface area contributed by atoms with Crippen molar-refractivity contribution >= 4 is 5.97 Å². The van der Waals surface area contributed by atoms with E-state index >= 15 is 0 Å². The van der Waals surface area contributed by atoms with Gasteiger partial charge in [0.05, 0.1) is 7.11 Å². The first-order chi connectivity index (χ1) is 8.56. The molecule has 0 bridgehead atoms. The zero-order valence-electron chi connectivity index (χ0n) is 10.9. The third-order valence-corrected chi connectivity index (χ3v) is 2.50. The lowest BCUT2D eigenvalue weighted by atomic mass is 9.98. The van der Waals surface area contributed by atoms with E-state index in [2.05, 4.69) is 6.58 Å². The number of carboxylic acid groups (broad SMARTS) is 1. The molecule has 4 heteroatoms. The van der Waals surface area contributed by atoms with Gasteiger partial charge in [-0.3, -0.25) is 4.79 Å². The summed E-state index contributed by atoms with van der Waals surface area (Å²) < 4.78 is 4.91. The molecule has 0 aliphatic heterocycles. The number of ether oxygens (including phenoxy) is 1. The van der Waals surface area contributed by atoms with Crippen LogP contribution in [0.5, 0.6) is 5.75 Å². The lowest BCUT2D eigenvalue weighted by Gasteiger charge is -2.13. The second-order valence-electron chi connectivity index (χ2n) is 3.69. The van der Waals surface area contributed by atoms with E-state index in [4.69, 9.17) is 15.6 Å². The van der Waals surface area contributed by atoms with E-state index in [1.165, 1.54) is 0 Å². The van der Waals surface area contributed by atoms with Crippen LogP contribution in [-0.4, -0.2) is 24.2 Å². The molecule has 0 saturated heterocycles. The van der Waals surface area contributed by atoms with Gasteiger partial charge in [-0.2, -0.15) is 0 Å². The topological polar surface area (TPSA) is 72.6 Å². The van der Waals surface area contributed by atoms with Gasteiger partial charge < -0.3 is 15.6 Å². The van der Waals surface area contributed by atoms with Crippen LogP contribution in [0.1, 0.15) is 13.3 Å². The first-order valence-electron chi connectivity index (χ1n) is 5.76. The van der Waals surface area contributed by atoms with Crippen LogP contribution in [0.3, 0.4) is 0 Å². The van der Waals surface area contributed by atoms with Crippen molar-refractivity contribution in [1.29, 1.82) is 0 Å².